The van der Waals surface area contributed by atoms with Crippen LogP contribution in [0.15, 0.2) is 12.3 Å². The average molecular weight is 100 g/mol. The van der Waals surface area contributed by atoms with Crippen LogP contribution in [0.1, 0.15) is 6.92 Å². The first-order chi connectivity index (χ1) is 2.77. The molecule has 1 nitrogen and oxygen atoms in total. The van der Waals surface area contributed by atoms with Crippen LogP contribution in [-0.4, -0.2) is 14.9 Å². The summed E-state index contributed by atoms with van der Waals surface area (Å²) in [6.45, 7) is 5.05. The third kappa shape index (κ3) is 3.63. The van der Waals surface area contributed by atoms with Gasteiger partial charge in [0.2, 0.25) is 0 Å². The van der Waals surface area contributed by atoms with Crippen LogP contribution < -0.4 is 0 Å². The molecule has 0 atom stereocenters. The first-order valence-corrected chi connectivity index (χ1v) is 3.40. The summed E-state index contributed by atoms with van der Waals surface area (Å²) in [5, 5.41) is 0.310. The second-order valence-electron chi connectivity index (χ2n) is 1.19. The predicted octanol–water partition coefficient (Wildman–Crippen LogP) is -0.155. The summed E-state index contributed by atoms with van der Waals surface area (Å²) >= 11 is 0. The van der Waals surface area contributed by atoms with Crippen LogP contribution in [-0.2, 0) is 4.79 Å². The van der Waals surface area contributed by atoms with Crippen molar-refractivity contribution >= 4 is 14.9 Å². The van der Waals surface area contributed by atoms with Gasteiger partial charge in [0.1, 0.15) is 14.9 Å². The van der Waals surface area contributed by atoms with Gasteiger partial charge in [-0.1, -0.05) is 0 Å². The van der Waals surface area contributed by atoms with E-state index in [4.69, 9.17) is 0 Å². The van der Waals surface area contributed by atoms with Gasteiger partial charge < -0.3 is 4.79 Å². The lowest BCUT2D eigenvalue weighted by molar-refractivity contribution is -0.110. The molecule has 0 amide bonds. The second kappa shape index (κ2) is 2.84. The van der Waals surface area contributed by atoms with E-state index in [1.165, 1.54) is 0 Å². The normalized spacial score (nSPS) is 9.50. The third-order valence-electron chi connectivity index (χ3n) is 0.432. The Morgan fingerprint density at radius 1 is 2.00 bits per heavy atom. The summed E-state index contributed by atoms with van der Waals surface area (Å²) < 4.78 is 0. The summed E-state index contributed by atoms with van der Waals surface area (Å²) in [7, 11) is -0.519. The molecule has 0 fully saturated rings. The van der Waals surface area contributed by atoms with Crippen molar-refractivity contribution in [2.24, 2.45) is 0 Å². The Bertz CT molecular complexity index is 67.9. The molecule has 0 spiro atoms. The standard InChI is InChI=1S/C4H8OSi/c1-3-6-4(2)5/h3H,1,6H2,2H3. The van der Waals surface area contributed by atoms with E-state index in [9.17, 15) is 4.79 Å². The zero-order valence-electron chi connectivity index (χ0n) is 3.90. The van der Waals surface area contributed by atoms with Gasteiger partial charge in [-0.2, -0.15) is 0 Å². The lowest BCUT2D eigenvalue weighted by Gasteiger charge is -1.73. The molecule has 0 aliphatic rings. The summed E-state index contributed by atoms with van der Waals surface area (Å²) in [5.74, 6) is 0. The van der Waals surface area contributed by atoms with Crippen LogP contribution in [0.4, 0.5) is 0 Å². The molecule has 6 heavy (non-hydrogen) atoms. The number of carbonyl (C=O) groups is 1. The number of rotatable bonds is 2. The smallest absolute Gasteiger partial charge is 0.123 e. The topological polar surface area (TPSA) is 17.1 Å². The lowest BCUT2D eigenvalue weighted by atomic mass is 10.9. The zero-order chi connectivity index (χ0) is 4.99. The zero-order valence-corrected chi connectivity index (χ0v) is 5.31. The van der Waals surface area contributed by atoms with Crippen LogP contribution >= 0.6 is 0 Å². The fraction of sp³-hybridized carbons (Fsp3) is 0.250. The molecule has 0 bridgehead atoms. The Hall–Kier alpha value is -0.373. The molecule has 0 aromatic carbocycles. The molecular weight excluding hydrogens is 92.1 g/mol. The highest BCUT2D eigenvalue weighted by atomic mass is 28.2. The third-order valence-corrected chi connectivity index (χ3v) is 1.30. The van der Waals surface area contributed by atoms with Crippen molar-refractivity contribution in [1.29, 1.82) is 0 Å². The molecule has 0 saturated heterocycles. The highest BCUT2D eigenvalue weighted by Crippen LogP contribution is 1.61. The van der Waals surface area contributed by atoms with Crippen LogP contribution in [0, 0.1) is 0 Å². The Morgan fingerprint density at radius 2 is 2.50 bits per heavy atom. The minimum atomic E-state index is -0.519. The van der Waals surface area contributed by atoms with Gasteiger partial charge in [0, 0.05) is 0 Å². The molecule has 0 rings (SSSR count). The molecular formula is C4H8OSi. The average Bonchev–Trinajstić information content (AvgIpc) is 1.35. The number of hydrogen-bond donors (Lipinski definition) is 0. The summed E-state index contributed by atoms with van der Waals surface area (Å²) in [5.41, 5.74) is 1.74. The molecule has 0 aromatic rings. The van der Waals surface area contributed by atoms with E-state index in [2.05, 4.69) is 6.58 Å². The highest BCUT2D eigenvalue weighted by Gasteiger charge is 1.81. The number of hydrogen-bond acceptors (Lipinski definition) is 1. The molecule has 0 N–H and O–H groups in total. The first-order valence-electron chi connectivity index (χ1n) is 1.87. The van der Waals surface area contributed by atoms with Crippen molar-refractivity contribution in [3.05, 3.63) is 12.3 Å². The van der Waals surface area contributed by atoms with Crippen LogP contribution in [0.5, 0.6) is 0 Å². The van der Waals surface area contributed by atoms with Crippen molar-refractivity contribution < 1.29 is 4.79 Å². The Labute approximate surface area is 39.9 Å². The minimum absolute atomic E-state index is 0.310. The molecule has 0 unspecified atom stereocenters. The Morgan fingerprint density at radius 3 is 2.50 bits per heavy atom. The monoisotopic (exact) mass is 100 g/mol. The van der Waals surface area contributed by atoms with Gasteiger partial charge in [-0.15, -0.1) is 12.3 Å². The minimum Gasteiger partial charge on any atom is -0.306 e. The molecule has 0 aliphatic carbocycles. The van der Waals surface area contributed by atoms with Gasteiger partial charge in [-0.05, 0) is 6.92 Å². The van der Waals surface area contributed by atoms with Crippen LogP contribution in [0.2, 0.25) is 0 Å². The van der Waals surface area contributed by atoms with E-state index in [-0.39, 0.29) is 0 Å². The Kier molecular flexibility index (Phi) is 2.67. The van der Waals surface area contributed by atoms with Crippen molar-refractivity contribution in [3.8, 4) is 0 Å². The van der Waals surface area contributed by atoms with E-state index in [1.807, 2.05) is 0 Å². The van der Waals surface area contributed by atoms with Gasteiger partial charge in [-0.25, -0.2) is 0 Å². The van der Waals surface area contributed by atoms with E-state index in [0.717, 1.165) is 0 Å². The fourth-order valence-corrected chi connectivity index (χ4v) is 0.610. The van der Waals surface area contributed by atoms with E-state index in [1.54, 1.807) is 12.6 Å². The predicted molar refractivity (Wildman–Crippen MR) is 29.4 cm³/mol. The van der Waals surface area contributed by atoms with Gasteiger partial charge in [0.05, 0.1) is 0 Å². The van der Waals surface area contributed by atoms with Crippen molar-refractivity contribution in [2.45, 2.75) is 6.92 Å². The SMILES string of the molecule is C=C[SiH2]C(C)=O. The number of carbonyl (C=O) groups excluding carboxylic acids is 1. The van der Waals surface area contributed by atoms with E-state index in [0.29, 0.717) is 5.41 Å². The maximum absolute atomic E-state index is 10.0. The van der Waals surface area contributed by atoms with Crippen molar-refractivity contribution in [1.82, 2.24) is 0 Å². The molecule has 0 heterocycles. The van der Waals surface area contributed by atoms with Gasteiger partial charge in [0.25, 0.3) is 0 Å². The van der Waals surface area contributed by atoms with Gasteiger partial charge in [-0.3, -0.25) is 0 Å². The molecule has 34 valence electrons. The summed E-state index contributed by atoms with van der Waals surface area (Å²) in [6.07, 6.45) is 0. The second-order valence-corrected chi connectivity index (χ2v) is 3.18. The van der Waals surface area contributed by atoms with Crippen molar-refractivity contribution in [2.75, 3.05) is 0 Å². The molecule has 0 saturated carbocycles. The first kappa shape index (κ1) is 5.63. The van der Waals surface area contributed by atoms with Crippen LogP contribution in [0.25, 0.3) is 0 Å². The molecule has 0 aromatic heterocycles. The van der Waals surface area contributed by atoms with E-state index < -0.39 is 9.52 Å². The van der Waals surface area contributed by atoms with Crippen molar-refractivity contribution in [3.63, 3.8) is 0 Å². The Balaban J connectivity index is 3.05. The maximum atomic E-state index is 10.0. The quantitative estimate of drug-likeness (QED) is 0.441. The van der Waals surface area contributed by atoms with Crippen LogP contribution in [0.3, 0.4) is 0 Å². The highest BCUT2D eigenvalue weighted by molar-refractivity contribution is 6.77. The lowest BCUT2D eigenvalue weighted by Crippen LogP contribution is -1.97. The molecule has 0 aliphatic heterocycles. The van der Waals surface area contributed by atoms with Gasteiger partial charge >= 0.3 is 0 Å². The maximum Gasteiger partial charge on any atom is 0.123 e. The van der Waals surface area contributed by atoms with Gasteiger partial charge in [0.15, 0.2) is 0 Å². The summed E-state index contributed by atoms with van der Waals surface area (Å²) in [4.78, 5) is 10.0. The van der Waals surface area contributed by atoms with E-state index >= 15 is 0 Å². The molecule has 2 heteroatoms. The largest absolute Gasteiger partial charge is 0.306 e. The fourth-order valence-electron chi connectivity index (χ4n) is 0.203. The molecule has 0 radical (unpaired) electrons. The summed E-state index contributed by atoms with van der Waals surface area (Å²) in [6, 6.07) is 0.